The van der Waals surface area contributed by atoms with E-state index in [2.05, 4.69) is 15.4 Å². The molecule has 1 heterocycles. The van der Waals surface area contributed by atoms with Crippen molar-refractivity contribution in [2.45, 2.75) is 0 Å². The molecule has 0 atom stereocenters. The molecule has 0 radical (unpaired) electrons. The van der Waals surface area contributed by atoms with Gasteiger partial charge in [-0.2, -0.15) is 15.4 Å². The van der Waals surface area contributed by atoms with Gasteiger partial charge in [-0.15, -0.1) is 0 Å². The summed E-state index contributed by atoms with van der Waals surface area (Å²) < 4.78 is 5.41. The summed E-state index contributed by atoms with van der Waals surface area (Å²) in [6.45, 7) is 0. The summed E-state index contributed by atoms with van der Waals surface area (Å²) in [5, 5.41) is 10.2. The zero-order chi connectivity index (χ0) is 15.5. The van der Waals surface area contributed by atoms with Gasteiger partial charge in [0.2, 0.25) is 0 Å². The molecule has 3 rings (SSSR count). The maximum atomic E-state index is 11.4. The molecule has 0 saturated heterocycles. The normalized spacial score (nSPS) is 10.4. The van der Waals surface area contributed by atoms with Gasteiger partial charge in [0.1, 0.15) is 11.4 Å². The summed E-state index contributed by atoms with van der Waals surface area (Å²) in [6.07, 6.45) is 0. The first kappa shape index (κ1) is 13.8. The van der Waals surface area contributed by atoms with Crippen LogP contribution in [0.3, 0.4) is 0 Å². The number of primary amides is 1. The summed E-state index contributed by atoms with van der Waals surface area (Å²) in [7, 11) is 1.62. The highest BCUT2D eigenvalue weighted by atomic mass is 16.5. The molecule has 0 saturated carbocycles. The molecule has 0 aliphatic heterocycles. The van der Waals surface area contributed by atoms with Crippen molar-refractivity contribution >= 4 is 5.91 Å². The topological polar surface area (TPSA) is 93.9 Å². The van der Waals surface area contributed by atoms with Gasteiger partial charge in [0.15, 0.2) is 5.69 Å². The van der Waals surface area contributed by atoms with Crippen molar-refractivity contribution in [2.24, 2.45) is 5.73 Å². The van der Waals surface area contributed by atoms with E-state index in [-0.39, 0.29) is 5.69 Å². The molecule has 1 amide bonds. The van der Waals surface area contributed by atoms with Crippen molar-refractivity contribution in [3.63, 3.8) is 0 Å². The number of hydrogen-bond acceptors (Lipinski definition) is 4. The predicted octanol–water partition coefficient (Wildman–Crippen LogP) is 2.25. The third-order valence-electron chi connectivity index (χ3n) is 3.34. The number of rotatable bonds is 4. The molecule has 0 spiro atoms. The van der Waals surface area contributed by atoms with Gasteiger partial charge < -0.3 is 10.5 Å². The van der Waals surface area contributed by atoms with Crippen LogP contribution in [0.4, 0.5) is 0 Å². The molecule has 0 aliphatic rings. The van der Waals surface area contributed by atoms with E-state index in [0.717, 1.165) is 22.4 Å². The Morgan fingerprint density at radius 2 is 1.86 bits per heavy atom. The third-order valence-corrected chi connectivity index (χ3v) is 3.34. The number of hydrogen-bond donors (Lipinski definition) is 2. The molecule has 6 heteroatoms. The van der Waals surface area contributed by atoms with Crippen molar-refractivity contribution in [1.29, 1.82) is 0 Å². The van der Waals surface area contributed by atoms with Gasteiger partial charge in [0.05, 0.1) is 7.11 Å². The molecule has 3 aromatic rings. The molecular formula is C16H14N4O2. The summed E-state index contributed by atoms with van der Waals surface area (Å²) >= 11 is 0. The summed E-state index contributed by atoms with van der Waals surface area (Å²) in [5.74, 6) is 0.111. The van der Waals surface area contributed by atoms with Crippen LogP contribution in [0.25, 0.3) is 22.4 Å². The SMILES string of the molecule is COc1ccc(-c2n[nH]nc2C(N)=O)cc1-c1ccccc1. The summed E-state index contributed by atoms with van der Waals surface area (Å²) in [6, 6.07) is 15.4. The van der Waals surface area contributed by atoms with Gasteiger partial charge >= 0.3 is 0 Å². The van der Waals surface area contributed by atoms with Gasteiger partial charge in [-0.3, -0.25) is 4.79 Å². The van der Waals surface area contributed by atoms with E-state index in [1.165, 1.54) is 0 Å². The van der Waals surface area contributed by atoms with Crippen LogP contribution < -0.4 is 10.5 Å². The number of ether oxygens (including phenoxy) is 1. The zero-order valence-electron chi connectivity index (χ0n) is 11.9. The van der Waals surface area contributed by atoms with Crippen molar-refractivity contribution in [1.82, 2.24) is 15.4 Å². The fourth-order valence-corrected chi connectivity index (χ4v) is 2.30. The van der Waals surface area contributed by atoms with E-state index in [1.54, 1.807) is 7.11 Å². The number of methoxy groups -OCH3 is 1. The highest BCUT2D eigenvalue weighted by molar-refractivity contribution is 5.97. The number of amides is 1. The Kier molecular flexibility index (Phi) is 3.57. The highest BCUT2D eigenvalue weighted by Gasteiger charge is 2.17. The van der Waals surface area contributed by atoms with Crippen LogP contribution in [0.5, 0.6) is 5.75 Å². The Morgan fingerprint density at radius 1 is 1.09 bits per heavy atom. The highest BCUT2D eigenvalue weighted by Crippen LogP contribution is 2.34. The summed E-state index contributed by atoms with van der Waals surface area (Å²) in [4.78, 5) is 11.4. The second kappa shape index (κ2) is 5.69. The van der Waals surface area contributed by atoms with Gasteiger partial charge in [-0.25, -0.2) is 0 Å². The molecule has 6 nitrogen and oxygen atoms in total. The van der Waals surface area contributed by atoms with Crippen LogP contribution in [0.15, 0.2) is 48.5 Å². The fourth-order valence-electron chi connectivity index (χ4n) is 2.30. The Balaban J connectivity index is 2.16. The molecular weight excluding hydrogens is 280 g/mol. The molecule has 0 unspecified atom stereocenters. The van der Waals surface area contributed by atoms with Crippen LogP contribution in [-0.4, -0.2) is 28.4 Å². The number of nitrogens with two attached hydrogens (primary N) is 1. The molecule has 0 aliphatic carbocycles. The van der Waals surface area contributed by atoms with Crippen molar-refractivity contribution < 1.29 is 9.53 Å². The summed E-state index contributed by atoms with van der Waals surface area (Å²) in [5.41, 5.74) is 8.50. The van der Waals surface area contributed by atoms with Crippen LogP contribution in [-0.2, 0) is 0 Å². The van der Waals surface area contributed by atoms with Crippen molar-refractivity contribution in [2.75, 3.05) is 7.11 Å². The number of benzene rings is 2. The molecule has 0 bridgehead atoms. The first-order valence-corrected chi connectivity index (χ1v) is 6.65. The van der Waals surface area contributed by atoms with Gasteiger partial charge in [0.25, 0.3) is 5.91 Å². The smallest absolute Gasteiger partial charge is 0.271 e. The maximum absolute atomic E-state index is 11.4. The van der Waals surface area contributed by atoms with Crippen LogP contribution in [0, 0.1) is 0 Å². The average Bonchev–Trinajstić information content (AvgIpc) is 3.05. The first-order valence-electron chi connectivity index (χ1n) is 6.65. The van der Waals surface area contributed by atoms with Gasteiger partial charge in [-0.05, 0) is 23.8 Å². The zero-order valence-corrected chi connectivity index (χ0v) is 11.9. The van der Waals surface area contributed by atoms with E-state index in [1.807, 2.05) is 48.5 Å². The largest absolute Gasteiger partial charge is 0.496 e. The van der Waals surface area contributed by atoms with E-state index in [0.29, 0.717) is 5.69 Å². The third kappa shape index (κ3) is 2.42. The van der Waals surface area contributed by atoms with Crippen LogP contribution in [0.2, 0.25) is 0 Å². The molecule has 0 fully saturated rings. The Labute approximate surface area is 126 Å². The molecule has 110 valence electrons. The first-order chi connectivity index (χ1) is 10.7. The minimum absolute atomic E-state index is 0.115. The van der Waals surface area contributed by atoms with Crippen LogP contribution in [0.1, 0.15) is 10.5 Å². The average molecular weight is 294 g/mol. The Morgan fingerprint density at radius 3 is 2.55 bits per heavy atom. The van der Waals surface area contributed by atoms with E-state index in [4.69, 9.17) is 10.5 Å². The number of nitrogens with one attached hydrogen (secondary N) is 1. The lowest BCUT2D eigenvalue weighted by atomic mass is 10.00. The monoisotopic (exact) mass is 294 g/mol. The molecule has 22 heavy (non-hydrogen) atoms. The van der Waals surface area contributed by atoms with Crippen molar-refractivity contribution in [3.05, 3.63) is 54.2 Å². The van der Waals surface area contributed by atoms with E-state index in [9.17, 15) is 4.79 Å². The lowest BCUT2D eigenvalue weighted by molar-refractivity contribution is 0.0996. The fraction of sp³-hybridized carbons (Fsp3) is 0.0625. The second-order valence-corrected chi connectivity index (χ2v) is 4.67. The lowest BCUT2D eigenvalue weighted by Gasteiger charge is -2.10. The van der Waals surface area contributed by atoms with Crippen molar-refractivity contribution in [3.8, 4) is 28.1 Å². The quantitative estimate of drug-likeness (QED) is 0.771. The number of carbonyl (C=O) groups excluding carboxylic acids is 1. The van der Waals surface area contributed by atoms with Gasteiger partial charge in [-0.1, -0.05) is 30.3 Å². The molecule has 3 N–H and O–H groups in total. The number of aromatic nitrogens is 3. The van der Waals surface area contributed by atoms with Crippen LogP contribution >= 0.6 is 0 Å². The van der Waals surface area contributed by atoms with E-state index < -0.39 is 5.91 Å². The molecule has 2 aromatic carbocycles. The predicted molar refractivity (Wildman–Crippen MR) is 82.3 cm³/mol. The molecule has 1 aromatic heterocycles. The minimum atomic E-state index is -0.624. The number of nitrogens with zero attached hydrogens (tertiary/aromatic N) is 2. The standard InChI is InChI=1S/C16H14N4O2/c1-22-13-8-7-11(14-15(16(17)21)19-20-18-14)9-12(13)10-5-3-2-4-6-10/h2-9H,1H3,(H2,17,21)(H,18,19,20). The minimum Gasteiger partial charge on any atom is -0.496 e. The maximum Gasteiger partial charge on any atom is 0.271 e. The van der Waals surface area contributed by atoms with Gasteiger partial charge in [0, 0.05) is 11.1 Å². The van der Waals surface area contributed by atoms with E-state index >= 15 is 0 Å². The Bertz CT molecular complexity index is 812. The second-order valence-electron chi connectivity index (χ2n) is 4.67. The lowest BCUT2D eigenvalue weighted by Crippen LogP contribution is -2.12. The number of aromatic amines is 1. The Hall–Kier alpha value is -3.15. The number of carbonyl (C=O) groups is 1. The number of H-pyrrole nitrogens is 1.